The number of carbonyl (C=O) groups excluding carboxylic acids is 1. The molecule has 0 bridgehead atoms. The van der Waals surface area contributed by atoms with Crippen molar-refractivity contribution in [1.29, 1.82) is 10.5 Å². The predicted molar refractivity (Wildman–Crippen MR) is 104 cm³/mol. The first-order valence-electron chi connectivity index (χ1n) is 8.21. The third kappa shape index (κ3) is 5.22. The Labute approximate surface area is 153 Å². The Balaban J connectivity index is 2.17. The van der Waals surface area contributed by atoms with Gasteiger partial charge < -0.3 is 10.2 Å². The first-order valence-corrected chi connectivity index (χ1v) is 8.21. The molecule has 1 amide bonds. The van der Waals surface area contributed by atoms with Gasteiger partial charge in [-0.15, -0.1) is 0 Å². The molecular weight excluding hydrogens is 324 g/mol. The molecule has 0 aliphatic rings. The van der Waals surface area contributed by atoms with Gasteiger partial charge >= 0.3 is 0 Å². The molecular formula is C21H20N4O. The molecule has 130 valence electrons. The van der Waals surface area contributed by atoms with Crippen LogP contribution >= 0.6 is 0 Å². The summed E-state index contributed by atoms with van der Waals surface area (Å²) in [4.78, 5) is 13.1. The SMILES string of the molecule is CC(=O)Nc1ccc(/C(C#N)=C/c2ccc(N(C)CCC#N)cc2)cc1. The first kappa shape index (κ1) is 18.8. The monoisotopic (exact) mass is 344 g/mol. The second kappa shape index (κ2) is 9.05. The summed E-state index contributed by atoms with van der Waals surface area (Å²) in [5.74, 6) is -0.131. The van der Waals surface area contributed by atoms with Crippen molar-refractivity contribution in [1.82, 2.24) is 0 Å². The van der Waals surface area contributed by atoms with Crippen molar-refractivity contribution >= 4 is 28.9 Å². The number of nitriles is 2. The maximum absolute atomic E-state index is 11.1. The summed E-state index contributed by atoms with van der Waals surface area (Å²) in [5.41, 5.74) is 3.98. The number of rotatable bonds is 6. The number of nitrogens with one attached hydrogen (secondary N) is 1. The topological polar surface area (TPSA) is 79.9 Å². The normalized spacial score (nSPS) is 10.5. The highest BCUT2D eigenvalue weighted by Crippen LogP contribution is 2.21. The number of hydrogen-bond acceptors (Lipinski definition) is 4. The largest absolute Gasteiger partial charge is 0.374 e. The summed E-state index contributed by atoms with van der Waals surface area (Å²) < 4.78 is 0. The summed E-state index contributed by atoms with van der Waals surface area (Å²) in [6.45, 7) is 2.13. The summed E-state index contributed by atoms with van der Waals surface area (Å²) in [5, 5.41) is 20.8. The standard InChI is InChI=1S/C21H20N4O/c1-16(26)24-20-8-6-18(7-9-20)19(15-23)14-17-4-10-21(11-5-17)25(2)13-3-12-22/h4-11,14H,3,13H2,1-2H3,(H,24,26)/b19-14+. The van der Waals surface area contributed by atoms with E-state index >= 15 is 0 Å². The van der Waals surface area contributed by atoms with Crippen molar-refractivity contribution in [3.8, 4) is 12.1 Å². The number of nitrogens with zero attached hydrogens (tertiary/aromatic N) is 3. The molecule has 2 rings (SSSR count). The van der Waals surface area contributed by atoms with Crippen LogP contribution in [0.1, 0.15) is 24.5 Å². The molecule has 26 heavy (non-hydrogen) atoms. The van der Waals surface area contributed by atoms with E-state index in [4.69, 9.17) is 5.26 Å². The van der Waals surface area contributed by atoms with E-state index in [1.54, 1.807) is 12.1 Å². The Morgan fingerprint density at radius 3 is 2.31 bits per heavy atom. The zero-order chi connectivity index (χ0) is 18.9. The van der Waals surface area contributed by atoms with Crippen LogP contribution in [0.25, 0.3) is 11.6 Å². The van der Waals surface area contributed by atoms with Crippen LogP contribution in [0.15, 0.2) is 48.5 Å². The van der Waals surface area contributed by atoms with Crippen LogP contribution in [-0.2, 0) is 4.79 Å². The van der Waals surface area contributed by atoms with E-state index < -0.39 is 0 Å². The molecule has 5 heteroatoms. The number of hydrogen-bond donors (Lipinski definition) is 1. The van der Waals surface area contributed by atoms with E-state index in [0.717, 1.165) is 16.8 Å². The van der Waals surface area contributed by atoms with Crippen LogP contribution in [0, 0.1) is 22.7 Å². The number of allylic oxidation sites excluding steroid dienone is 1. The molecule has 2 aromatic carbocycles. The van der Waals surface area contributed by atoms with Gasteiger partial charge in [-0.1, -0.05) is 24.3 Å². The summed E-state index contributed by atoms with van der Waals surface area (Å²) in [6.07, 6.45) is 2.30. The van der Waals surface area contributed by atoms with Gasteiger partial charge in [0, 0.05) is 31.9 Å². The number of carbonyl (C=O) groups is 1. The highest BCUT2D eigenvalue weighted by atomic mass is 16.1. The Morgan fingerprint density at radius 2 is 1.77 bits per heavy atom. The maximum atomic E-state index is 11.1. The van der Waals surface area contributed by atoms with Gasteiger partial charge in [0.05, 0.1) is 24.1 Å². The molecule has 0 aromatic heterocycles. The van der Waals surface area contributed by atoms with Crippen molar-refractivity contribution in [3.05, 3.63) is 59.7 Å². The second-order valence-corrected chi connectivity index (χ2v) is 5.85. The third-order valence-corrected chi connectivity index (χ3v) is 3.84. The summed E-state index contributed by atoms with van der Waals surface area (Å²) in [6, 6.07) is 19.4. The highest BCUT2D eigenvalue weighted by molar-refractivity contribution is 5.91. The number of amides is 1. The fourth-order valence-electron chi connectivity index (χ4n) is 2.46. The van der Waals surface area contributed by atoms with Crippen molar-refractivity contribution in [2.75, 3.05) is 23.8 Å². The molecule has 0 atom stereocenters. The molecule has 5 nitrogen and oxygen atoms in total. The van der Waals surface area contributed by atoms with Crippen molar-refractivity contribution in [3.63, 3.8) is 0 Å². The van der Waals surface area contributed by atoms with Gasteiger partial charge in [0.15, 0.2) is 0 Å². The van der Waals surface area contributed by atoms with Crippen LogP contribution in [0.3, 0.4) is 0 Å². The fraction of sp³-hybridized carbons (Fsp3) is 0.190. The van der Waals surface area contributed by atoms with E-state index in [1.807, 2.05) is 54.4 Å². The number of benzene rings is 2. The molecule has 1 N–H and O–H groups in total. The van der Waals surface area contributed by atoms with E-state index in [9.17, 15) is 10.1 Å². The smallest absolute Gasteiger partial charge is 0.221 e. The van der Waals surface area contributed by atoms with Crippen molar-refractivity contribution in [2.45, 2.75) is 13.3 Å². The lowest BCUT2D eigenvalue weighted by molar-refractivity contribution is -0.114. The molecule has 0 aliphatic carbocycles. The zero-order valence-electron chi connectivity index (χ0n) is 14.9. The number of anilines is 2. The molecule has 0 unspecified atom stereocenters. The quantitative estimate of drug-likeness (QED) is 0.633. The Morgan fingerprint density at radius 1 is 1.12 bits per heavy atom. The fourth-order valence-corrected chi connectivity index (χ4v) is 2.46. The Hall–Kier alpha value is -3.57. The van der Waals surface area contributed by atoms with Crippen LogP contribution in [0.4, 0.5) is 11.4 Å². The van der Waals surface area contributed by atoms with Gasteiger partial charge in [0.1, 0.15) is 0 Å². The van der Waals surface area contributed by atoms with E-state index in [1.165, 1.54) is 6.92 Å². The first-order chi connectivity index (χ1) is 12.5. The van der Waals surface area contributed by atoms with Crippen molar-refractivity contribution in [2.24, 2.45) is 0 Å². The molecule has 0 spiro atoms. The lowest BCUT2D eigenvalue weighted by atomic mass is 10.0. The molecule has 0 saturated carbocycles. The lowest BCUT2D eigenvalue weighted by Gasteiger charge is -2.17. The van der Waals surface area contributed by atoms with E-state index in [0.29, 0.717) is 24.2 Å². The molecule has 2 aromatic rings. The van der Waals surface area contributed by atoms with Crippen LogP contribution in [-0.4, -0.2) is 19.5 Å². The van der Waals surface area contributed by atoms with Gasteiger partial charge in [-0.2, -0.15) is 10.5 Å². The lowest BCUT2D eigenvalue weighted by Crippen LogP contribution is -2.17. The average Bonchev–Trinajstić information content (AvgIpc) is 2.65. The van der Waals surface area contributed by atoms with E-state index in [2.05, 4.69) is 17.5 Å². The van der Waals surface area contributed by atoms with Gasteiger partial charge in [0.25, 0.3) is 0 Å². The molecule has 0 heterocycles. The highest BCUT2D eigenvalue weighted by Gasteiger charge is 2.04. The van der Waals surface area contributed by atoms with Gasteiger partial charge in [-0.3, -0.25) is 4.79 Å². The minimum atomic E-state index is -0.131. The predicted octanol–water partition coefficient (Wildman–Crippen LogP) is 4.06. The molecule has 0 fully saturated rings. The minimum Gasteiger partial charge on any atom is -0.374 e. The van der Waals surface area contributed by atoms with Gasteiger partial charge in [-0.25, -0.2) is 0 Å². The second-order valence-electron chi connectivity index (χ2n) is 5.85. The zero-order valence-corrected chi connectivity index (χ0v) is 14.9. The summed E-state index contributed by atoms with van der Waals surface area (Å²) >= 11 is 0. The van der Waals surface area contributed by atoms with Gasteiger partial charge in [0.2, 0.25) is 5.91 Å². The van der Waals surface area contributed by atoms with E-state index in [-0.39, 0.29) is 5.91 Å². The van der Waals surface area contributed by atoms with Crippen LogP contribution < -0.4 is 10.2 Å². The molecule has 0 aliphatic heterocycles. The van der Waals surface area contributed by atoms with Crippen LogP contribution in [0.2, 0.25) is 0 Å². The summed E-state index contributed by atoms with van der Waals surface area (Å²) in [7, 11) is 1.94. The van der Waals surface area contributed by atoms with Gasteiger partial charge in [-0.05, 0) is 41.5 Å². The molecule has 0 radical (unpaired) electrons. The Bertz CT molecular complexity index is 868. The third-order valence-electron chi connectivity index (χ3n) is 3.84. The molecule has 0 saturated heterocycles. The van der Waals surface area contributed by atoms with Crippen LogP contribution in [0.5, 0.6) is 0 Å². The minimum absolute atomic E-state index is 0.131. The average molecular weight is 344 g/mol. The Kier molecular flexibility index (Phi) is 6.53. The van der Waals surface area contributed by atoms with Crippen molar-refractivity contribution < 1.29 is 4.79 Å². The maximum Gasteiger partial charge on any atom is 0.221 e.